The van der Waals surface area contributed by atoms with Crippen molar-refractivity contribution in [3.05, 3.63) is 56.7 Å². The third-order valence-electron chi connectivity index (χ3n) is 4.11. The second kappa shape index (κ2) is 8.79. The van der Waals surface area contributed by atoms with Gasteiger partial charge >= 0.3 is 5.97 Å². The maximum Gasteiger partial charge on any atom is 0.335 e. The van der Waals surface area contributed by atoms with Crippen molar-refractivity contribution in [1.29, 1.82) is 0 Å². The van der Waals surface area contributed by atoms with Gasteiger partial charge in [0, 0.05) is 0 Å². The topological polar surface area (TPSA) is 116 Å². The molecule has 3 rings (SSSR count). The van der Waals surface area contributed by atoms with Crippen molar-refractivity contribution < 1.29 is 29.3 Å². The molecule has 154 valence electrons. The molecule has 0 aromatic heterocycles. The second-order valence-corrected chi connectivity index (χ2v) is 7.64. The minimum Gasteiger partial charge on any atom is -0.504 e. The molecule has 1 saturated heterocycles. The monoisotopic (exact) mass is 538 g/mol. The molecule has 30 heavy (non-hydrogen) atoms. The van der Waals surface area contributed by atoms with Gasteiger partial charge in [0.1, 0.15) is 5.57 Å². The van der Waals surface area contributed by atoms with Gasteiger partial charge in [-0.25, -0.2) is 4.79 Å². The molecule has 3 N–H and O–H groups in total. The number of aromatic carboxylic acids is 1. The molecule has 0 spiro atoms. The predicted octanol–water partition coefficient (Wildman–Crippen LogP) is 2.93. The number of carbonyl (C=O) groups excluding carboxylic acids is 2. The van der Waals surface area contributed by atoms with Gasteiger partial charge in [0.25, 0.3) is 11.8 Å². The molecule has 0 atom stereocenters. The fourth-order valence-corrected chi connectivity index (χ4v) is 3.69. The van der Waals surface area contributed by atoms with Crippen molar-refractivity contribution in [3.8, 4) is 11.5 Å². The van der Waals surface area contributed by atoms with Gasteiger partial charge in [0.15, 0.2) is 16.6 Å². The summed E-state index contributed by atoms with van der Waals surface area (Å²) in [6.45, 7) is 2.09. The first kappa shape index (κ1) is 21.7. The third kappa shape index (κ3) is 4.28. The number of thiocarbonyl (C=S) groups is 1. The number of phenolic OH excluding ortho intramolecular Hbond substituents is 1. The van der Waals surface area contributed by atoms with E-state index in [1.54, 1.807) is 13.0 Å². The zero-order valence-corrected chi connectivity index (χ0v) is 18.5. The first-order valence-corrected chi connectivity index (χ1v) is 10.1. The second-order valence-electron chi connectivity index (χ2n) is 6.10. The zero-order valence-electron chi connectivity index (χ0n) is 15.5. The first-order valence-electron chi connectivity index (χ1n) is 8.63. The van der Waals surface area contributed by atoms with E-state index in [4.69, 9.17) is 17.0 Å². The quantitative estimate of drug-likeness (QED) is 0.232. The zero-order chi connectivity index (χ0) is 22.0. The summed E-state index contributed by atoms with van der Waals surface area (Å²) in [5, 5.41) is 21.6. The highest BCUT2D eigenvalue weighted by molar-refractivity contribution is 14.1. The van der Waals surface area contributed by atoms with E-state index < -0.39 is 17.8 Å². The van der Waals surface area contributed by atoms with Gasteiger partial charge in [-0.05, 0) is 83.7 Å². The van der Waals surface area contributed by atoms with E-state index in [9.17, 15) is 24.6 Å². The van der Waals surface area contributed by atoms with Gasteiger partial charge in [-0.3, -0.25) is 19.8 Å². The summed E-state index contributed by atoms with van der Waals surface area (Å²) in [4.78, 5) is 37.8. The van der Waals surface area contributed by atoms with Crippen molar-refractivity contribution in [2.45, 2.75) is 6.92 Å². The Labute approximate surface area is 190 Å². The highest BCUT2D eigenvalue weighted by Crippen LogP contribution is 2.34. The number of carbonyl (C=O) groups is 3. The number of rotatable bonds is 5. The Morgan fingerprint density at radius 1 is 1.30 bits per heavy atom. The highest BCUT2D eigenvalue weighted by atomic mass is 127. The van der Waals surface area contributed by atoms with Crippen molar-refractivity contribution in [2.75, 3.05) is 11.5 Å². The van der Waals surface area contributed by atoms with Crippen LogP contribution in [0.1, 0.15) is 22.8 Å². The predicted molar refractivity (Wildman–Crippen MR) is 122 cm³/mol. The summed E-state index contributed by atoms with van der Waals surface area (Å²) in [6.07, 6.45) is 1.36. The van der Waals surface area contributed by atoms with E-state index in [1.165, 1.54) is 36.4 Å². The largest absolute Gasteiger partial charge is 0.504 e. The van der Waals surface area contributed by atoms with Crippen molar-refractivity contribution in [1.82, 2.24) is 5.32 Å². The van der Waals surface area contributed by atoms with Gasteiger partial charge in [0.2, 0.25) is 0 Å². The number of ether oxygens (including phenoxy) is 1. The molecule has 1 heterocycles. The normalized spacial score (nSPS) is 15.3. The van der Waals surface area contributed by atoms with E-state index in [0.717, 1.165) is 4.90 Å². The van der Waals surface area contributed by atoms with Crippen LogP contribution >= 0.6 is 34.8 Å². The summed E-state index contributed by atoms with van der Waals surface area (Å²) in [6, 6.07) is 8.77. The van der Waals surface area contributed by atoms with Crippen LogP contribution in [0.25, 0.3) is 6.08 Å². The Morgan fingerprint density at radius 2 is 2.03 bits per heavy atom. The maximum atomic E-state index is 13.1. The number of benzene rings is 2. The van der Waals surface area contributed by atoms with Crippen LogP contribution in [0.15, 0.2) is 42.0 Å². The average Bonchev–Trinajstić information content (AvgIpc) is 2.69. The van der Waals surface area contributed by atoms with E-state index in [-0.39, 0.29) is 33.4 Å². The lowest BCUT2D eigenvalue weighted by molar-refractivity contribution is -0.122. The van der Waals surface area contributed by atoms with Crippen LogP contribution in [0.4, 0.5) is 5.69 Å². The minimum absolute atomic E-state index is 0.0278. The molecule has 0 unspecified atom stereocenters. The molecular formula is C20H15IN2O6S. The number of hydrogen-bond donors (Lipinski definition) is 3. The number of amides is 2. The number of aromatic hydroxyl groups is 1. The lowest BCUT2D eigenvalue weighted by atomic mass is 10.1. The SMILES string of the molecule is CCOc1cc(C=C2C(=O)NC(=S)N(c3cccc(C(=O)O)c3)C2=O)cc(I)c1O. The summed E-state index contributed by atoms with van der Waals surface area (Å²) in [5.74, 6) is -2.35. The number of nitrogens with one attached hydrogen (secondary N) is 1. The molecule has 1 fully saturated rings. The summed E-state index contributed by atoms with van der Waals surface area (Å²) in [7, 11) is 0. The van der Waals surface area contributed by atoms with Gasteiger partial charge in [-0.1, -0.05) is 6.07 Å². The van der Waals surface area contributed by atoms with Crippen LogP contribution in [0.2, 0.25) is 0 Å². The standard InChI is InChI=1S/C20H15IN2O6S/c1-2-29-15-8-10(7-14(21)16(15)24)6-13-17(25)22-20(30)23(18(13)26)12-5-3-4-11(9-12)19(27)28/h3-9,24H,2H2,1H3,(H,27,28)(H,22,25,30). The van der Waals surface area contributed by atoms with Crippen LogP contribution in [-0.2, 0) is 9.59 Å². The number of carboxylic acid groups (broad SMARTS) is 1. The molecule has 0 radical (unpaired) electrons. The summed E-state index contributed by atoms with van der Waals surface area (Å²) < 4.78 is 5.87. The Balaban J connectivity index is 2.05. The van der Waals surface area contributed by atoms with Gasteiger partial charge < -0.3 is 14.9 Å². The molecule has 0 bridgehead atoms. The summed E-state index contributed by atoms with van der Waals surface area (Å²) in [5.41, 5.74) is 0.450. The van der Waals surface area contributed by atoms with Crippen LogP contribution in [0.3, 0.4) is 0 Å². The fraction of sp³-hybridized carbons (Fsp3) is 0.100. The minimum atomic E-state index is -1.16. The number of halogens is 1. The van der Waals surface area contributed by atoms with Crippen LogP contribution in [-0.4, -0.2) is 39.7 Å². The fourth-order valence-electron chi connectivity index (χ4n) is 2.78. The highest BCUT2D eigenvalue weighted by Gasteiger charge is 2.34. The number of anilines is 1. The van der Waals surface area contributed by atoms with Crippen LogP contribution in [0.5, 0.6) is 11.5 Å². The Morgan fingerprint density at radius 3 is 2.70 bits per heavy atom. The number of carboxylic acids is 1. The molecule has 2 aromatic carbocycles. The van der Waals surface area contributed by atoms with Gasteiger partial charge in [0.05, 0.1) is 21.4 Å². The van der Waals surface area contributed by atoms with Crippen molar-refractivity contribution >= 4 is 69.5 Å². The van der Waals surface area contributed by atoms with Crippen LogP contribution < -0.4 is 15.0 Å². The molecule has 1 aliphatic rings. The number of hydrogen-bond acceptors (Lipinski definition) is 6. The Bertz CT molecular complexity index is 1110. The third-order valence-corrected chi connectivity index (χ3v) is 5.22. The van der Waals surface area contributed by atoms with Gasteiger partial charge in [-0.15, -0.1) is 0 Å². The maximum absolute atomic E-state index is 13.1. The average molecular weight is 538 g/mol. The number of phenols is 1. The van der Waals surface area contributed by atoms with E-state index in [0.29, 0.717) is 15.7 Å². The number of nitrogens with zero attached hydrogens (tertiary/aromatic N) is 1. The molecule has 2 aromatic rings. The Kier molecular flexibility index (Phi) is 6.37. The van der Waals surface area contributed by atoms with Crippen molar-refractivity contribution in [3.63, 3.8) is 0 Å². The van der Waals surface area contributed by atoms with E-state index in [2.05, 4.69) is 5.32 Å². The van der Waals surface area contributed by atoms with E-state index >= 15 is 0 Å². The molecule has 2 amide bonds. The molecule has 0 saturated carbocycles. The molecule has 10 heteroatoms. The molecule has 0 aliphatic carbocycles. The smallest absolute Gasteiger partial charge is 0.335 e. The van der Waals surface area contributed by atoms with Gasteiger partial charge in [-0.2, -0.15) is 0 Å². The van der Waals surface area contributed by atoms with E-state index in [1.807, 2.05) is 22.6 Å². The van der Waals surface area contributed by atoms with Crippen LogP contribution in [0, 0.1) is 3.57 Å². The van der Waals surface area contributed by atoms with Crippen molar-refractivity contribution in [2.24, 2.45) is 0 Å². The Hall–Kier alpha value is -2.99. The first-order chi connectivity index (χ1) is 14.2. The molecule has 8 nitrogen and oxygen atoms in total. The lowest BCUT2D eigenvalue weighted by Crippen LogP contribution is -2.54. The molecule has 1 aliphatic heterocycles. The lowest BCUT2D eigenvalue weighted by Gasteiger charge is -2.29. The molecular weight excluding hydrogens is 523 g/mol. The summed E-state index contributed by atoms with van der Waals surface area (Å²) >= 11 is 7.04.